The summed E-state index contributed by atoms with van der Waals surface area (Å²) in [6.07, 6.45) is 2.43. The molecule has 2 heterocycles. The fraction of sp³-hybridized carbons (Fsp3) is 0.615. The number of nitrogens with zero attached hydrogens (tertiary/aromatic N) is 2. The topological polar surface area (TPSA) is 37.4 Å². The number of rotatable bonds is 3. The van der Waals surface area contributed by atoms with Crippen LogP contribution in [0.3, 0.4) is 0 Å². The minimum Gasteiger partial charge on any atom is -0.372 e. The van der Waals surface area contributed by atoms with Crippen LogP contribution < -0.4 is 10.2 Å². The molecule has 2 rings (SSSR count). The van der Waals surface area contributed by atoms with Gasteiger partial charge >= 0.3 is 0 Å². The van der Waals surface area contributed by atoms with Gasteiger partial charge < -0.3 is 15.0 Å². The SMILES string of the molecule is CCNc1cc(N2C[C@@H](C)O[C@@H](C)C2)ccn1. The predicted octanol–water partition coefficient (Wildman–Crippen LogP) is 2.13. The highest BCUT2D eigenvalue weighted by molar-refractivity contribution is 5.54. The maximum atomic E-state index is 5.74. The van der Waals surface area contributed by atoms with Gasteiger partial charge in [0.2, 0.25) is 0 Å². The van der Waals surface area contributed by atoms with E-state index in [4.69, 9.17) is 4.74 Å². The van der Waals surface area contributed by atoms with E-state index in [1.807, 2.05) is 6.20 Å². The van der Waals surface area contributed by atoms with Gasteiger partial charge in [0.05, 0.1) is 12.2 Å². The molecule has 0 aromatic carbocycles. The van der Waals surface area contributed by atoms with E-state index < -0.39 is 0 Å². The molecule has 1 aliphatic heterocycles. The van der Waals surface area contributed by atoms with E-state index in [1.165, 1.54) is 5.69 Å². The Hall–Kier alpha value is -1.29. The molecule has 17 heavy (non-hydrogen) atoms. The van der Waals surface area contributed by atoms with Gasteiger partial charge in [-0.3, -0.25) is 0 Å². The van der Waals surface area contributed by atoms with Gasteiger partial charge in [0.25, 0.3) is 0 Å². The molecular formula is C13H21N3O. The molecule has 1 saturated heterocycles. The zero-order valence-electron chi connectivity index (χ0n) is 10.8. The summed E-state index contributed by atoms with van der Waals surface area (Å²) in [5.41, 5.74) is 1.22. The number of pyridine rings is 1. The molecule has 94 valence electrons. The van der Waals surface area contributed by atoms with Crippen LogP contribution in [0.15, 0.2) is 18.3 Å². The minimum atomic E-state index is 0.287. The normalized spacial score (nSPS) is 24.8. The monoisotopic (exact) mass is 235 g/mol. The van der Waals surface area contributed by atoms with Crippen molar-refractivity contribution in [2.45, 2.75) is 33.0 Å². The molecular weight excluding hydrogens is 214 g/mol. The van der Waals surface area contributed by atoms with E-state index in [-0.39, 0.29) is 12.2 Å². The van der Waals surface area contributed by atoms with Crippen molar-refractivity contribution >= 4 is 11.5 Å². The molecule has 0 spiro atoms. The number of hydrogen-bond donors (Lipinski definition) is 1. The van der Waals surface area contributed by atoms with E-state index in [1.54, 1.807) is 0 Å². The Labute approximate surface area is 103 Å². The zero-order chi connectivity index (χ0) is 12.3. The highest BCUT2D eigenvalue weighted by Crippen LogP contribution is 2.21. The first-order valence-electron chi connectivity index (χ1n) is 6.29. The van der Waals surface area contributed by atoms with Crippen molar-refractivity contribution in [3.05, 3.63) is 18.3 Å². The smallest absolute Gasteiger partial charge is 0.127 e. The van der Waals surface area contributed by atoms with Crippen LogP contribution in [-0.4, -0.2) is 36.8 Å². The third-order valence-electron chi connectivity index (χ3n) is 2.89. The average Bonchev–Trinajstić information content (AvgIpc) is 2.28. The standard InChI is InChI=1S/C13H21N3O/c1-4-14-13-7-12(5-6-15-13)16-8-10(2)17-11(3)9-16/h5-7,10-11H,4,8-9H2,1-3H3,(H,14,15)/t10-,11+. The Morgan fingerprint density at radius 3 is 2.76 bits per heavy atom. The average molecular weight is 235 g/mol. The molecule has 1 N–H and O–H groups in total. The molecule has 0 aliphatic carbocycles. The molecule has 1 fully saturated rings. The summed E-state index contributed by atoms with van der Waals surface area (Å²) in [6, 6.07) is 4.17. The van der Waals surface area contributed by atoms with Gasteiger partial charge in [-0.15, -0.1) is 0 Å². The van der Waals surface area contributed by atoms with E-state index in [9.17, 15) is 0 Å². The lowest BCUT2D eigenvalue weighted by atomic mass is 10.2. The quantitative estimate of drug-likeness (QED) is 0.871. The van der Waals surface area contributed by atoms with E-state index in [0.717, 1.165) is 25.5 Å². The highest BCUT2D eigenvalue weighted by atomic mass is 16.5. The second-order valence-electron chi connectivity index (χ2n) is 4.59. The molecule has 0 amide bonds. The van der Waals surface area contributed by atoms with Crippen molar-refractivity contribution in [1.29, 1.82) is 0 Å². The van der Waals surface area contributed by atoms with Crippen molar-refractivity contribution in [3.63, 3.8) is 0 Å². The lowest BCUT2D eigenvalue weighted by molar-refractivity contribution is -0.00521. The number of hydrogen-bond acceptors (Lipinski definition) is 4. The number of ether oxygens (including phenoxy) is 1. The Morgan fingerprint density at radius 2 is 2.12 bits per heavy atom. The molecule has 0 unspecified atom stereocenters. The highest BCUT2D eigenvalue weighted by Gasteiger charge is 2.22. The van der Waals surface area contributed by atoms with Gasteiger partial charge in [0.15, 0.2) is 0 Å². The molecule has 1 aromatic rings. The van der Waals surface area contributed by atoms with E-state index in [0.29, 0.717) is 0 Å². The number of aromatic nitrogens is 1. The van der Waals surface area contributed by atoms with Crippen molar-refractivity contribution in [2.75, 3.05) is 29.9 Å². The van der Waals surface area contributed by atoms with Gasteiger partial charge in [0.1, 0.15) is 5.82 Å². The van der Waals surface area contributed by atoms with Gasteiger partial charge in [-0.2, -0.15) is 0 Å². The maximum Gasteiger partial charge on any atom is 0.127 e. The summed E-state index contributed by atoms with van der Waals surface area (Å²) >= 11 is 0. The third kappa shape index (κ3) is 3.09. The summed E-state index contributed by atoms with van der Waals surface area (Å²) in [5.74, 6) is 0.941. The molecule has 0 bridgehead atoms. The number of anilines is 2. The molecule has 4 nitrogen and oxygen atoms in total. The summed E-state index contributed by atoms with van der Waals surface area (Å²) < 4.78 is 5.74. The predicted molar refractivity (Wildman–Crippen MR) is 70.6 cm³/mol. The first-order chi connectivity index (χ1) is 8.19. The van der Waals surface area contributed by atoms with E-state index >= 15 is 0 Å². The first-order valence-corrected chi connectivity index (χ1v) is 6.29. The van der Waals surface area contributed by atoms with Crippen molar-refractivity contribution < 1.29 is 4.74 Å². The number of morpholine rings is 1. The lowest BCUT2D eigenvalue weighted by Crippen LogP contribution is -2.45. The molecule has 1 aliphatic rings. The fourth-order valence-electron chi connectivity index (χ4n) is 2.28. The molecule has 1 aromatic heterocycles. The Kier molecular flexibility index (Phi) is 3.84. The van der Waals surface area contributed by atoms with Crippen LogP contribution in [-0.2, 0) is 4.74 Å². The summed E-state index contributed by atoms with van der Waals surface area (Å²) in [5, 5.41) is 3.24. The first kappa shape index (κ1) is 12.2. The Morgan fingerprint density at radius 1 is 1.41 bits per heavy atom. The van der Waals surface area contributed by atoms with Crippen molar-refractivity contribution in [1.82, 2.24) is 4.98 Å². The van der Waals surface area contributed by atoms with Crippen LogP contribution in [0.4, 0.5) is 11.5 Å². The van der Waals surface area contributed by atoms with Crippen LogP contribution in [0.5, 0.6) is 0 Å². The lowest BCUT2D eigenvalue weighted by Gasteiger charge is -2.36. The largest absolute Gasteiger partial charge is 0.372 e. The molecule has 2 atom stereocenters. The third-order valence-corrected chi connectivity index (χ3v) is 2.89. The van der Waals surface area contributed by atoms with Gasteiger partial charge in [0, 0.05) is 37.6 Å². The van der Waals surface area contributed by atoms with Gasteiger partial charge in [-0.05, 0) is 26.8 Å². The second kappa shape index (κ2) is 5.36. The van der Waals surface area contributed by atoms with Crippen LogP contribution in [0.25, 0.3) is 0 Å². The number of nitrogens with one attached hydrogen (secondary N) is 1. The fourth-order valence-corrected chi connectivity index (χ4v) is 2.28. The van der Waals surface area contributed by atoms with Crippen LogP contribution >= 0.6 is 0 Å². The van der Waals surface area contributed by atoms with Crippen molar-refractivity contribution in [2.24, 2.45) is 0 Å². The zero-order valence-corrected chi connectivity index (χ0v) is 10.8. The van der Waals surface area contributed by atoms with Crippen LogP contribution in [0, 0.1) is 0 Å². The molecule has 0 saturated carbocycles. The van der Waals surface area contributed by atoms with Crippen LogP contribution in [0.1, 0.15) is 20.8 Å². The Bertz CT molecular complexity index is 359. The Balaban J connectivity index is 2.12. The van der Waals surface area contributed by atoms with E-state index in [2.05, 4.69) is 48.1 Å². The summed E-state index contributed by atoms with van der Waals surface area (Å²) in [7, 11) is 0. The summed E-state index contributed by atoms with van der Waals surface area (Å²) in [6.45, 7) is 9.10. The van der Waals surface area contributed by atoms with Gasteiger partial charge in [-0.1, -0.05) is 0 Å². The maximum absolute atomic E-state index is 5.74. The second-order valence-corrected chi connectivity index (χ2v) is 4.59. The molecule has 0 radical (unpaired) electrons. The van der Waals surface area contributed by atoms with Crippen LogP contribution in [0.2, 0.25) is 0 Å². The van der Waals surface area contributed by atoms with Gasteiger partial charge in [-0.25, -0.2) is 4.98 Å². The minimum absolute atomic E-state index is 0.287. The molecule has 4 heteroatoms. The summed E-state index contributed by atoms with van der Waals surface area (Å²) in [4.78, 5) is 6.66. The van der Waals surface area contributed by atoms with Crippen molar-refractivity contribution in [3.8, 4) is 0 Å².